The summed E-state index contributed by atoms with van der Waals surface area (Å²) >= 11 is 0. The standard InChI is InChI=1S/C17H29N3O3/c1-5-7-8-9-10-17(22)20(13(3)6-2)12-16(21)18-15-11-14(4)23-19-15/h11,13H,5-10,12H2,1-4H3,(H,18,19,21)/t13-/m1/s1. The van der Waals surface area contributed by atoms with Gasteiger partial charge in [-0.2, -0.15) is 0 Å². The minimum Gasteiger partial charge on any atom is -0.360 e. The fourth-order valence-corrected chi connectivity index (χ4v) is 2.32. The van der Waals surface area contributed by atoms with Crippen molar-refractivity contribution in [3.05, 3.63) is 11.8 Å². The van der Waals surface area contributed by atoms with Crippen LogP contribution in [-0.2, 0) is 9.59 Å². The van der Waals surface area contributed by atoms with Gasteiger partial charge in [-0.1, -0.05) is 38.3 Å². The molecule has 0 aliphatic carbocycles. The van der Waals surface area contributed by atoms with E-state index < -0.39 is 0 Å². The Bertz CT molecular complexity index is 499. The van der Waals surface area contributed by atoms with Gasteiger partial charge in [-0.25, -0.2) is 0 Å². The van der Waals surface area contributed by atoms with Crippen molar-refractivity contribution >= 4 is 17.6 Å². The van der Waals surface area contributed by atoms with Crippen LogP contribution < -0.4 is 5.32 Å². The number of nitrogens with zero attached hydrogens (tertiary/aromatic N) is 2. The lowest BCUT2D eigenvalue weighted by Gasteiger charge is -2.28. The molecule has 0 unspecified atom stereocenters. The van der Waals surface area contributed by atoms with Crippen molar-refractivity contribution in [2.45, 2.75) is 72.3 Å². The van der Waals surface area contributed by atoms with Crippen LogP contribution in [-0.4, -0.2) is 34.5 Å². The summed E-state index contributed by atoms with van der Waals surface area (Å²) in [4.78, 5) is 26.2. The number of amides is 2. The van der Waals surface area contributed by atoms with Gasteiger partial charge in [0, 0.05) is 18.5 Å². The molecule has 0 bridgehead atoms. The quantitative estimate of drug-likeness (QED) is 0.668. The normalized spacial score (nSPS) is 12.0. The molecular formula is C17H29N3O3. The Morgan fingerprint density at radius 3 is 2.61 bits per heavy atom. The van der Waals surface area contributed by atoms with Crippen molar-refractivity contribution in [1.29, 1.82) is 0 Å². The molecular weight excluding hydrogens is 294 g/mol. The number of aromatic nitrogens is 1. The summed E-state index contributed by atoms with van der Waals surface area (Å²) in [6, 6.07) is 1.69. The number of anilines is 1. The molecule has 6 heteroatoms. The predicted octanol–water partition coefficient (Wildman–Crippen LogP) is 3.52. The molecule has 0 aromatic carbocycles. The fourth-order valence-electron chi connectivity index (χ4n) is 2.32. The van der Waals surface area contributed by atoms with Gasteiger partial charge >= 0.3 is 0 Å². The maximum atomic E-state index is 12.4. The van der Waals surface area contributed by atoms with Crippen molar-refractivity contribution in [2.24, 2.45) is 0 Å². The minimum atomic E-state index is -0.250. The van der Waals surface area contributed by atoms with E-state index in [-0.39, 0.29) is 24.4 Å². The Hall–Kier alpha value is -1.85. The molecule has 0 aliphatic heterocycles. The van der Waals surface area contributed by atoms with Crippen LogP contribution in [0.5, 0.6) is 0 Å². The molecule has 1 heterocycles. The number of hydrogen-bond donors (Lipinski definition) is 1. The van der Waals surface area contributed by atoms with E-state index >= 15 is 0 Å². The zero-order chi connectivity index (χ0) is 17.2. The van der Waals surface area contributed by atoms with Crippen LogP contribution in [0.4, 0.5) is 5.82 Å². The Balaban J connectivity index is 2.55. The molecule has 1 atom stereocenters. The Morgan fingerprint density at radius 1 is 1.30 bits per heavy atom. The lowest BCUT2D eigenvalue weighted by molar-refractivity contribution is -0.136. The molecule has 2 amide bonds. The number of rotatable bonds is 10. The Labute approximate surface area is 138 Å². The van der Waals surface area contributed by atoms with Gasteiger partial charge < -0.3 is 14.7 Å². The maximum absolute atomic E-state index is 12.4. The van der Waals surface area contributed by atoms with Gasteiger partial charge in [0.2, 0.25) is 11.8 Å². The highest BCUT2D eigenvalue weighted by Gasteiger charge is 2.21. The van der Waals surface area contributed by atoms with Gasteiger partial charge in [-0.05, 0) is 26.7 Å². The Morgan fingerprint density at radius 2 is 2.04 bits per heavy atom. The molecule has 1 aromatic heterocycles. The molecule has 0 radical (unpaired) electrons. The van der Waals surface area contributed by atoms with E-state index in [0.717, 1.165) is 32.1 Å². The number of unbranched alkanes of at least 4 members (excludes halogenated alkanes) is 3. The van der Waals surface area contributed by atoms with Crippen LogP contribution in [0.2, 0.25) is 0 Å². The molecule has 130 valence electrons. The highest BCUT2D eigenvalue weighted by Crippen LogP contribution is 2.11. The van der Waals surface area contributed by atoms with Crippen LogP contribution in [0, 0.1) is 6.92 Å². The third-order valence-electron chi connectivity index (χ3n) is 3.90. The van der Waals surface area contributed by atoms with Crippen molar-refractivity contribution in [1.82, 2.24) is 10.1 Å². The van der Waals surface area contributed by atoms with Gasteiger partial charge in [0.15, 0.2) is 5.82 Å². The van der Waals surface area contributed by atoms with Crippen LogP contribution in [0.3, 0.4) is 0 Å². The van der Waals surface area contributed by atoms with Crippen LogP contribution in [0.25, 0.3) is 0 Å². The first-order valence-electron chi connectivity index (χ1n) is 8.50. The van der Waals surface area contributed by atoms with E-state index in [1.54, 1.807) is 17.9 Å². The van der Waals surface area contributed by atoms with E-state index in [2.05, 4.69) is 17.4 Å². The van der Waals surface area contributed by atoms with Gasteiger partial charge in [0.05, 0.1) is 0 Å². The lowest BCUT2D eigenvalue weighted by atomic mass is 10.1. The van der Waals surface area contributed by atoms with Crippen molar-refractivity contribution < 1.29 is 14.1 Å². The third-order valence-corrected chi connectivity index (χ3v) is 3.90. The molecule has 0 fully saturated rings. The molecule has 0 saturated carbocycles. The summed E-state index contributed by atoms with van der Waals surface area (Å²) in [5.74, 6) is 0.806. The van der Waals surface area contributed by atoms with Crippen LogP contribution in [0.15, 0.2) is 10.6 Å². The Kier molecular flexibility index (Phi) is 8.37. The number of nitrogens with one attached hydrogen (secondary N) is 1. The predicted molar refractivity (Wildman–Crippen MR) is 90.1 cm³/mol. The summed E-state index contributed by atoms with van der Waals surface area (Å²) < 4.78 is 4.92. The summed E-state index contributed by atoms with van der Waals surface area (Å²) in [6.07, 6.45) is 5.54. The zero-order valence-electron chi connectivity index (χ0n) is 14.7. The molecule has 23 heavy (non-hydrogen) atoms. The van der Waals surface area contributed by atoms with E-state index in [0.29, 0.717) is 18.0 Å². The second-order valence-corrected chi connectivity index (χ2v) is 5.96. The zero-order valence-corrected chi connectivity index (χ0v) is 14.7. The van der Waals surface area contributed by atoms with E-state index in [1.807, 2.05) is 13.8 Å². The third kappa shape index (κ3) is 6.84. The van der Waals surface area contributed by atoms with Gasteiger partial charge in [-0.3, -0.25) is 9.59 Å². The van der Waals surface area contributed by atoms with Crippen molar-refractivity contribution in [3.63, 3.8) is 0 Å². The SMILES string of the molecule is CCCCCCC(=O)N(CC(=O)Nc1cc(C)on1)[C@H](C)CC. The highest BCUT2D eigenvalue weighted by atomic mass is 16.5. The molecule has 0 aliphatic rings. The molecule has 0 spiro atoms. The summed E-state index contributed by atoms with van der Waals surface area (Å²) in [5, 5.41) is 6.40. The molecule has 6 nitrogen and oxygen atoms in total. The largest absolute Gasteiger partial charge is 0.360 e. The number of carbonyl (C=O) groups excluding carboxylic acids is 2. The highest BCUT2D eigenvalue weighted by molar-refractivity contribution is 5.93. The minimum absolute atomic E-state index is 0.0403. The van der Waals surface area contributed by atoms with Gasteiger partial charge in [0.1, 0.15) is 12.3 Å². The maximum Gasteiger partial charge on any atom is 0.245 e. The number of aryl methyl sites for hydroxylation is 1. The second kappa shape index (κ2) is 10.0. The molecule has 1 aromatic rings. The monoisotopic (exact) mass is 323 g/mol. The van der Waals surface area contributed by atoms with Crippen molar-refractivity contribution in [2.75, 3.05) is 11.9 Å². The average molecular weight is 323 g/mol. The first-order chi connectivity index (χ1) is 11.0. The van der Waals surface area contributed by atoms with E-state index in [4.69, 9.17) is 4.52 Å². The second-order valence-electron chi connectivity index (χ2n) is 5.96. The molecule has 0 saturated heterocycles. The first-order valence-corrected chi connectivity index (χ1v) is 8.50. The van der Waals surface area contributed by atoms with E-state index in [9.17, 15) is 9.59 Å². The van der Waals surface area contributed by atoms with Crippen LogP contribution in [0.1, 0.15) is 65.1 Å². The van der Waals surface area contributed by atoms with Crippen molar-refractivity contribution in [3.8, 4) is 0 Å². The number of carbonyl (C=O) groups is 2. The topological polar surface area (TPSA) is 75.4 Å². The lowest BCUT2D eigenvalue weighted by Crippen LogP contribution is -2.43. The summed E-state index contributed by atoms with van der Waals surface area (Å²) in [6.45, 7) is 7.93. The first kappa shape index (κ1) is 19.2. The molecule has 1 rings (SSSR count). The number of hydrogen-bond acceptors (Lipinski definition) is 4. The molecule has 1 N–H and O–H groups in total. The smallest absolute Gasteiger partial charge is 0.245 e. The fraction of sp³-hybridized carbons (Fsp3) is 0.706. The van der Waals surface area contributed by atoms with E-state index in [1.165, 1.54) is 0 Å². The summed E-state index contributed by atoms with van der Waals surface area (Å²) in [5.41, 5.74) is 0. The van der Waals surface area contributed by atoms with Crippen LogP contribution >= 0.6 is 0 Å². The average Bonchev–Trinajstić information content (AvgIpc) is 2.93. The van der Waals surface area contributed by atoms with Gasteiger partial charge in [0.25, 0.3) is 0 Å². The van der Waals surface area contributed by atoms with Gasteiger partial charge in [-0.15, -0.1) is 0 Å². The summed E-state index contributed by atoms with van der Waals surface area (Å²) in [7, 11) is 0.